The molecule has 0 amide bonds. The van der Waals surface area contributed by atoms with Gasteiger partial charge in [-0.05, 0) is 91.2 Å². The summed E-state index contributed by atoms with van der Waals surface area (Å²) < 4.78 is 0. The van der Waals surface area contributed by atoms with Gasteiger partial charge in [0.2, 0.25) is 0 Å². The zero-order valence-electron chi connectivity index (χ0n) is 21.8. The van der Waals surface area contributed by atoms with Crippen molar-refractivity contribution in [3.05, 3.63) is 138 Å². The van der Waals surface area contributed by atoms with Crippen LogP contribution >= 0.6 is 0 Å². The molecule has 5 aromatic carbocycles. The standard InChI is InChI=1S/C37H32/c1-37(2,3)36-33(20-12-22-35(36)34-21-11-18-28-17-10-19-32(28)34)31-24-29(26-13-6-4-7-14-26)23-30(25-31)27-15-8-5-9-16-27/h4-18,20-25H,19H2,1-3H3. The number of allylic oxidation sites excluding steroid dienone is 1. The van der Waals surface area contributed by atoms with Crippen molar-refractivity contribution in [1.82, 2.24) is 0 Å². The normalized spacial score (nSPS) is 12.5. The van der Waals surface area contributed by atoms with Crippen molar-refractivity contribution < 1.29 is 0 Å². The third-order valence-corrected chi connectivity index (χ3v) is 7.39. The molecule has 5 aromatic rings. The molecule has 0 fully saturated rings. The van der Waals surface area contributed by atoms with Crippen LogP contribution in [0.25, 0.3) is 50.6 Å². The van der Waals surface area contributed by atoms with Crippen LogP contribution in [0.2, 0.25) is 0 Å². The van der Waals surface area contributed by atoms with Gasteiger partial charge < -0.3 is 0 Å². The third-order valence-electron chi connectivity index (χ3n) is 7.39. The van der Waals surface area contributed by atoms with E-state index in [1.165, 1.54) is 61.2 Å². The van der Waals surface area contributed by atoms with Gasteiger partial charge in [0.1, 0.15) is 0 Å². The molecule has 0 saturated heterocycles. The molecule has 6 rings (SSSR count). The second-order valence-corrected chi connectivity index (χ2v) is 11.0. The van der Waals surface area contributed by atoms with Crippen LogP contribution in [-0.4, -0.2) is 0 Å². The van der Waals surface area contributed by atoms with E-state index < -0.39 is 0 Å². The van der Waals surface area contributed by atoms with Gasteiger partial charge >= 0.3 is 0 Å². The SMILES string of the molecule is CC(C)(C)c1c(-c2cc(-c3ccccc3)cc(-c3ccccc3)c2)cccc1-c1cccc2c1CC=C2. The average molecular weight is 477 g/mol. The smallest absolute Gasteiger partial charge is 0.00820 e. The molecular weight excluding hydrogens is 444 g/mol. The van der Waals surface area contributed by atoms with Crippen LogP contribution in [0.5, 0.6) is 0 Å². The monoisotopic (exact) mass is 476 g/mol. The van der Waals surface area contributed by atoms with Crippen molar-refractivity contribution in [2.75, 3.05) is 0 Å². The van der Waals surface area contributed by atoms with Crippen LogP contribution in [0.15, 0.2) is 121 Å². The van der Waals surface area contributed by atoms with Crippen LogP contribution < -0.4 is 0 Å². The first-order valence-corrected chi connectivity index (χ1v) is 13.2. The molecule has 0 aliphatic heterocycles. The molecule has 0 spiro atoms. The number of hydrogen-bond donors (Lipinski definition) is 0. The molecule has 0 bridgehead atoms. The van der Waals surface area contributed by atoms with Crippen LogP contribution in [-0.2, 0) is 11.8 Å². The molecular formula is C37H32. The highest BCUT2D eigenvalue weighted by atomic mass is 14.3. The highest BCUT2D eigenvalue weighted by Gasteiger charge is 2.25. The van der Waals surface area contributed by atoms with E-state index >= 15 is 0 Å². The number of hydrogen-bond acceptors (Lipinski definition) is 0. The van der Waals surface area contributed by atoms with Crippen molar-refractivity contribution >= 4 is 6.08 Å². The van der Waals surface area contributed by atoms with Gasteiger partial charge in [0.05, 0.1) is 0 Å². The predicted molar refractivity (Wildman–Crippen MR) is 160 cm³/mol. The Balaban J connectivity index is 1.62. The van der Waals surface area contributed by atoms with Gasteiger partial charge in [0.15, 0.2) is 0 Å². The molecule has 0 radical (unpaired) electrons. The second kappa shape index (κ2) is 9.37. The summed E-state index contributed by atoms with van der Waals surface area (Å²) in [6.45, 7) is 7.03. The summed E-state index contributed by atoms with van der Waals surface area (Å²) in [6, 6.07) is 42.1. The first kappa shape index (κ1) is 23.3. The Kier molecular flexibility index (Phi) is 5.89. The van der Waals surface area contributed by atoms with E-state index in [1.54, 1.807) is 0 Å². The first-order chi connectivity index (χ1) is 18.0. The fraction of sp³-hybridized carbons (Fsp3) is 0.135. The first-order valence-electron chi connectivity index (χ1n) is 13.2. The van der Waals surface area contributed by atoms with E-state index in [0.29, 0.717) is 0 Å². The van der Waals surface area contributed by atoms with Crippen LogP contribution in [0.1, 0.15) is 37.5 Å². The van der Waals surface area contributed by atoms with Crippen molar-refractivity contribution in [3.63, 3.8) is 0 Å². The minimum absolute atomic E-state index is 0.0314. The van der Waals surface area contributed by atoms with Crippen molar-refractivity contribution in [2.24, 2.45) is 0 Å². The molecule has 0 N–H and O–H groups in total. The van der Waals surface area contributed by atoms with Gasteiger partial charge in [0.25, 0.3) is 0 Å². The predicted octanol–water partition coefficient (Wildman–Crippen LogP) is 10.2. The molecule has 0 heterocycles. The molecule has 0 nitrogen and oxygen atoms in total. The van der Waals surface area contributed by atoms with E-state index in [9.17, 15) is 0 Å². The summed E-state index contributed by atoms with van der Waals surface area (Å²) in [7, 11) is 0. The summed E-state index contributed by atoms with van der Waals surface area (Å²) in [5.41, 5.74) is 14.4. The molecule has 0 atom stereocenters. The lowest BCUT2D eigenvalue weighted by molar-refractivity contribution is 0.593. The van der Waals surface area contributed by atoms with Crippen molar-refractivity contribution in [2.45, 2.75) is 32.6 Å². The Morgan fingerprint density at radius 2 is 1.03 bits per heavy atom. The number of benzene rings is 5. The van der Waals surface area contributed by atoms with Crippen LogP contribution in [0.3, 0.4) is 0 Å². The summed E-state index contributed by atoms with van der Waals surface area (Å²) in [4.78, 5) is 0. The van der Waals surface area contributed by atoms with E-state index in [1.807, 2.05) is 0 Å². The Morgan fingerprint density at radius 3 is 1.65 bits per heavy atom. The maximum absolute atomic E-state index is 2.37. The Labute approximate surface area is 221 Å². The Bertz CT molecular complexity index is 1540. The minimum atomic E-state index is -0.0314. The topological polar surface area (TPSA) is 0 Å². The van der Waals surface area contributed by atoms with E-state index in [-0.39, 0.29) is 5.41 Å². The third kappa shape index (κ3) is 4.45. The van der Waals surface area contributed by atoms with Crippen LogP contribution in [0.4, 0.5) is 0 Å². The molecule has 1 aliphatic rings. The summed E-state index contributed by atoms with van der Waals surface area (Å²) in [6.07, 6.45) is 5.54. The molecule has 0 aromatic heterocycles. The fourth-order valence-corrected chi connectivity index (χ4v) is 5.75. The van der Waals surface area contributed by atoms with E-state index in [4.69, 9.17) is 0 Å². The van der Waals surface area contributed by atoms with Gasteiger partial charge in [-0.1, -0.05) is 130 Å². The molecule has 180 valence electrons. The van der Waals surface area contributed by atoms with Crippen molar-refractivity contribution in [3.8, 4) is 44.5 Å². The molecule has 0 saturated carbocycles. The fourth-order valence-electron chi connectivity index (χ4n) is 5.75. The molecule has 1 aliphatic carbocycles. The lowest BCUT2D eigenvalue weighted by Crippen LogP contribution is -2.15. The lowest BCUT2D eigenvalue weighted by Gasteiger charge is -2.28. The molecule has 37 heavy (non-hydrogen) atoms. The zero-order chi connectivity index (χ0) is 25.4. The van der Waals surface area contributed by atoms with Gasteiger partial charge in [-0.2, -0.15) is 0 Å². The lowest BCUT2D eigenvalue weighted by atomic mass is 9.76. The zero-order valence-corrected chi connectivity index (χ0v) is 21.8. The summed E-state index contributed by atoms with van der Waals surface area (Å²) in [5.74, 6) is 0. The maximum atomic E-state index is 2.37. The summed E-state index contributed by atoms with van der Waals surface area (Å²) in [5, 5.41) is 0. The largest absolute Gasteiger partial charge is 0.0795 e. The van der Waals surface area contributed by atoms with Gasteiger partial charge in [0, 0.05) is 0 Å². The molecule has 0 heteroatoms. The molecule has 0 unspecified atom stereocenters. The number of rotatable bonds is 4. The minimum Gasteiger partial charge on any atom is -0.0795 e. The second-order valence-electron chi connectivity index (χ2n) is 11.0. The average Bonchev–Trinajstić information content (AvgIpc) is 3.42. The van der Waals surface area contributed by atoms with Gasteiger partial charge in [-0.15, -0.1) is 0 Å². The van der Waals surface area contributed by atoms with E-state index in [0.717, 1.165) is 6.42 Å². The Hall–Kier alpha value is -4.16. The van der Waals surface area contributed by atoms with E-state index in [2.05, 4.69) is 148 Å². The van der Waals surface area contributed by atoms with Gasteiger partial charge in [-0.3, -0.25) is 0 Å². The highest BCUT2D eigenvalue weighted by Crippen LogP contribution is 2.44. The maximum Gasteiger partial charge on any atom is -0.00820 e. The Morgan fingerprint density at radius 1 is 0.486 bits per heavy atom. The van der Waals surface area contributed by atoms with Gasteiger partial charge in [-0.25, -0.2) is 0 Å². The highest BCUT2D eigenvalue weighted by molar-refractivity contribution is 5.87. The van der Waals surface area contributed by atoms with Crippen molar-refractivity contribution in [1.29, 1.82) is 0 Å². The number of fused-ring (bicyclic) bond motifs is 1. The van der Waals surface area contributed by atoms with Crippen LogP contribution in [0, 0.1) is 0 Å². The summed E-state index contributed by atoms with van der Waals surface area (Å²) >= 11 is 0. The quantitative estimate of drug-likeness (QED) is 0.242.